The molecule has 0 aliphatic carbocycles. The Labute approximate surface area is 111 Å². The predicted octanol–water partition coefficient (Wildman–Crippen LogP) is 2.51. The van der Waals surface area contributed by atoms with Gasteiger partial charge in [0.25, 0.3) is 0 Å². The lowest BCUT2D eigenvalue weighted by Crippen LogP contribution is -2.12. The highest BCUT2D eigenvalue weighted by molar-refractivity contribution is 9.10. The second-order valence-corrected chi connectivity index (χ2v) is 4.29. The Morgan fingerprint density at radius 3 is 2.82 bits per heavy atom. The van der Waals surface area contributed by atoms with Gasteiger partial charge in [0.15, 0.2) is 0 Å². The number of nitrogens with one attached hydrogen (secondary N) is 2. The highest BCUT2D eigenvalue weighted by Crippen LogP contribution is 2.19. The largest absolute Gasteiger partial charge is 0.380 e. The molecule has 96 valence electrons. The maximum Gasteiger partial charge on any atom is 0.224 e. The maximum atomic E-state index is 5.25. The molecule has 0 atom stereocenters. The number of nitrogens with zero attached hydrogens (tertiary/aromatic N) is 2. The molecule has 0 fully saturated rings. The summed E-state index contributed by atoms with van der Waals surface area (Å²) in [6.45, 7) is 7.10. The Bertz CT molecular complexity index is 335. The second-order valence-electron chi connectivity index (χ2n) is 3.44. The van der Waals surface area contributed by atoms with Crippen LogP contribution in [0.2, 0.25) is 0 Å². The molecule has 0 unspecified atom stereocenters. The van der Waals surface area contributed by atoms with E-state index in [2.05, 4.69) is 43.5 Å². The number of rotatable bonds is 8. The van der Waals surface area contributed by atoms with Crippen molar-refractivity contribution in [3.8, 4) is 0 Å². The molecule has 0 aliphatic rings. The van der Waals surface area contributed by atoms with Crippen molar-refractivity contribution in [3.63, 3.8) is 0 Å². The van der Waals surface area contributed by atoms with Crippen molar-refractivity contribution >= 4 is 27.7 Å². The van der Waals surface area contributed by atoms with Crippen molar-refractivity contribution in [2.24, 2.45) is 0 Å². The van der Waals surface area contributed by atoms with Gasteiger partial charge in [-0.2, -0.15) is 4.98 Å². The van der Waals surface area contributed by atoms with Gasteiger partial charge in [0, 0.05) is 25.9 Å². The topological polar surface area (TPSA) is 59.1 Å². The van der Waals surface area contributed by atoms with Gasteiger partial charge in [-0.15, -0.1) is 0 Å². The third kappa shape index (κ3) is 5.32. The Morgan fingerprint density at radius 2 is 2.12 bits per heavy atom. The first-order valence-electron chi connectivity index (χ1n) is 5.86. The maximum absolute atomic E-state index is 5.25. The smallest absolute Gasteiger partial charge is 0.224 e. The lowest BCUT2D eigenvalue weighted by atomic mass is 10.5. The van der Waals surface area contributed by atoms with Crippen molar-refractivity contribution in [1.29, 1.82) is 0 Å². The van der Waals surface area contributed by atoms with E-state index in [-0.39, 0.29) is 0 Å². The molecule has 1 aromatic heterocycles. The van der Waals surface area contributed by atoms with Gasteiger partial charge in [-0.05, 0) is 29.3 Å². The molecule has 0 bridgehead atoms. The first kappa shape index (κ1) is 14.2. The molecular weight excluding hydrogens is 284 g/mol. The monoisotopic (exact) mass is 302 g/mol. The van der Waals surface area contributed by atoms with Gasteiger partial charge in [0.2, 0.25) is 5.95 Å². The summed E-state index contributed by atoms with van der Waals surface area (Å²) in [5, 5.41) is 6.35. The molecular formula is C11H19BrN4O. The van der Waals surface area contributed by atoms with Gasteiger partial charge < -0.3 is 15.4 Å². The van der Waals surface area contributed by atoms with Crippen LogP contribution in [-0.2, 0) is 4.74 Å². The Hall–Kier alpha value is -0.880. The number of anilines is 2. The number of halogens is 1. The molecule has 0 radical (unpaired) electrons. The fourth-order valence-electron chi connectivity index (χ4n) is 1.20. The molecule has 5 nitrogen and oxygen atoms in total. The number of aromatic nitrogens is 2. The van der Waals surface area contributed by atoms with Crippen molar-refractivity contribution < 1.29 is 4.74 Å². The first-order valence-corrected chi connectivity index (χ1v) is 6.65. The van der Waals surface area contributed by atoms with Crippen LogP contribution in [0.15, 0.2) is 10.7 Å². The van der Waals surface area contributed by atoms with Gasteiger partial charge >= 0.3 is 0 Å². The zero-order chi connectivity index (χ0) is 12.5. The number of hydrogen-bond donors (Lipinski definition) is 2. The Morgan fingerprint density at radius 1 is 1.29 bits per heavy atom. The highest BCUT2D eigenvalue weighted by atomic mass is 79.9. The van der Waals surface area contributed by atoms with Crippen molar-refractivity contribution in [2.45, 2.75) is 20.3 Å². The van der Waals surface area contributed by atoms with Crippen LogP contribution in [0, 0.1) is 0 Å². The molecule has 0 saturated carbocycles. The van der Waals surface area contributed by atoms with E-state index in [0.717, 1.165) is 36.4 Å². The van der Waals surface area contributed by atoms with Crippen molar-refractivity contribution in [3.05, 3.63) is 10.7 Å². The van der Waals surface area contributed by atoms with Gasteiger partial charge in [-0.1, -0.05) is 6.92 Å². The Kier molecular flexibility index (Phi) is 6.88. The van der Waals surface area contributed by atoms with E-state index in [1.807, 2.05) is 6.92 Å². The van der Waals surface area contributed by atoms with Crippen LogP contribution >= 0.6 is 15.9 Å². The van der Waals surface area contributed by atoms with E-state index in [4.69, 9.17) is 4.74 Å². The van der Waals surface area contributed by atoms with Crippen molar-refractivity contribution in [2.75, 3.05) is 36.9 Å². The van der Waals surface area contributed by atoms with Crippen LogP contribution in [0.25, 0.3) is 0 Å². The van der Waals surface area contributed by atoms with Gasteiger partial charge in [0.1, 0.15) is 5.82 Å². The summed E-state index contributed by atoms with van der Waals surface area (Å²) in [4.78, 5) is 8.55. The van der Waals surface area contributed by atoms with E-state index < -0.39 is 0 Å². The minimum absolute atomic E-state index is 0.647. The van der Waals surface area contributed by atoms with E-state index in [0.29, 0.717) is 12.6 Å². The van der Waals surface area contributed by atoms with Crippen LogP contribution in [-0.4, -0.2) is 36.3 Å². The lowest BCUT2D eigenvalue weighted by Gasteiger charge is -2.09. The highest BCUT2D eigenvalue weighted by Gasteiger charge is 2.03. The summed E-state index contributed by atoms with van der Waals surface area (Å²) in [7, 11) is 0. The summed E-state index contributed by atoms with van der Waals surface area (Å²) in [5.74, 6) is 1.44. The standard InChI is InChI=1S/C11H19BrN4O/c1-3-5-14-11-15-8-9(12)10(16-11)13-6-7-17-4-2/h8H,3-7H2,1-2H3,(H2,13,14,15,16). The van der Waals surface area contributed by atoms with E-state index in [1.165, 1.54) is 0 Å². The van der Waals surface area contributed by atoms with Crippen LogP contribution in [0.1, 0.15) is 20.3 Å². The summed E-state index contributed by atoms with van der Waals surface area (Å²) in [6, 6.07) is 0. The quantitative estimate of drug-likeness (QED) is 0.723. The minimum Gasteiger partial charge on any atom is -0.380 e. The average molecular weight is 303 g/mol. The summed E-state index contributed by atoms with van der Waals surface area (Å²) in [6.07, 6.45) is 2.79. The molecule has 0 aliphatic heterocycles. The van der Waals surface area contributed by atoms with Gasteiger partial charge in [0.05, 0.1) is 11.1 Å². The van der Waals surface area contributed by atoms with Gasteiger partial charge in [-0.3, -0.25) is 0 Å². The lowest BCUT2D eigenvalue weighted by molar-refractivity contribution is 0.158. The second kappa shape index (κ2) is 8.25. The molecule has 0 saturated heterocycles. The molecule has 1 heterocycles. The fraction of sp³-hybridized carbons (Fsp3) is 0.636. The third-order valence-electron chi connectivity index (χ3n) is 2.02. The molecule has 2 N–H and O–H groups in total. The molecule has 0 amide bonds. The van der Waals surface area contributed by atoms with E-state index in [1.54, 1.807) is 6.20 Å². The van der Waals surface area contributed by atoms with E-state index >= 15 is 0 Å². The molecule has 6 heteroatoms. The van der Waals surface area contributed by atoms with Crippen LogP contribution in [0.3, 0.4) is 0 Å². The molecule has 1 aromatic rings. The summed E-state index contributed by atoms with van der Waals surface area (Å²) >= 11 is 3.41. The van der Waals surface area contributed by atoms with Crippen LogP contribution < -0.4 is 10.6 Å². The first-order chi connectivity index (χ1) is 8.27. The van der Waals surface area contributed by atoms with Crippen LogP contribution in [0.5, 0.6) is 0 Å². The predicted molar refractivity (Wildman–Crippen MR) is 73.5 cm³/mol. The average Bonchev–Trinajstić information content (AvgIpc) is 2.35. The zero-order valence-corrected chi connectivity index (χ0v) is 11.9. The van der Waals surface area contributed by atoms with Gasteiger partial charge in [-0.25, -0.2) is 4.98 Å². The van der Waals surface area contributed by atoms with Crippen molar-refractivity contribution in [1.82, 2.24) is 9.97 Å². The SMILES string of the molecule is CCCNc1ncc(Br)c(NCCOCC)n1. The molecule has 17 heavy (non-hydrogen) atoms. The molecule has 0 aromatic carbocycles. The fourth-order valence-corrected chi connectivity index (χ4v) is 1.53. The number of ether oxygens (including phenoxy) is 1. The molecule has 0 spiro atoms. The van der Waals surface area contributed by atoms with E-state index in [9.17, 15) is 0 Å². The third-order valence-corrected chi connectivity index (χ3v) is 2.60. The van der Waals surface area contributed by atoms with Crippen LogP contribution in [0.4, 0.5) is 11.8 Å². The number of hydrogen-bond acceptors (Lipinski definition) is 5. The Balaban J connectivity index is 2.50. The zero-order valence-electron chi connectivity index (χ0n) is 10.3. The summed E-state index contributed by atoms with van der Waals surface area (Å²) in [5.41, 5.74) is 0. The molecule has 1 rings (SSSR count). The minimum atomic E-state index is 0.647. The summed E-state index contributed by atoms with van der Waals surface area (Å²) < 4.78 is 6.11. The normalized spacial score (nSPS) is 10.3.